The normalized spacial score (nSPS) is 11.6. The fourth-order valence-electron chi connectivity index (χ4n) is 2.55. The van der Waals surface area contributed by atoms with Crippen molar-refractivity contribution in [3.63, 3.8) is 0 Å². The van der Waals surface area contributed by atoms with Crippen LogP contribution in [0, 0.1) is 0 Å². The molecular formula is C20H20N4O2. The van der Waals surface area contributed by atoms with Gasteiger partial charge in [-0.25, -0.2) is 0 Å². The molecule has 1 aromatic heterocycles. The molecular weight excluding hydrogens is 328 g/mol. The average Bonchev–Trinajstić information content (AvgIpc) is 3.17. The first kappa shape index (κ1) is 17.4. The number of hydrogen-bond acceptors (Lipinski definition) is 3. The van der Waals surface area contributed by atoms with Gasteiger partial charge in [0.2, 0.25) is 0 Å². The zero-order valence-corrected chi connectivity index (χ0v) is 14.4. The van der Waals surface area contributed by atoms with E-state index in [1.54, 1.807) is 18.3 Å². The molecule has 1 atom stereocenters. The minimum atomic E-state index is -0.687. The highest BCUT2D eigenvalue weighted by atomic mass is 16.2. The quantitative estimate of drug-likeness (QED) is 0.696. The topological polar surface area (TPSA) is 76.0 Å². The molecule has 3 aromatic rings. The van der Waals surface area contributed by atoms with Crippen molar-refractivity contribution in [2.75, 3.05) is 5.32 Å². The fourth-order valence-corrected chi connectivity index (χ4v) is 2.55. The smallest absolute Gasteiger partial charge is 0.313 e. The first-order chi connectivity index (χ1) is 12.6. The Kier molecular flexibility index (Phi) is 5.43. The van der Waals surface area contributed by atoms with Gasteiger partial charge in [-0.3, -0.25) is 14.3 Å². The molecule has 0 saturated carbocycles. The van der Waals surface area contributed by atoms with E-state index in [0.29, 0.717) is 12.2 Å². The number of carbonyl (C=O) groups is 2. The van der Waals surface area contributed by atoms with Crippen molar-refractivity contribution in [2.45, 2.75) is 19.5 Å². The average molecular weight is 348 g/mol. The molecule has 2 aromatic carbocycles. The third-order valence-corrected chi connectivity index (χ3v) is 3.97. The minimum Gasteiger partial charge on any atom is -0.341 e. The van der Waals surface area contributed by atoms with Crippen molar-refractivity contribution in [3.05, 3.63) is 84.2 Å². The van der Waals surface area contributed by atoms with Crippen molar-refractivity contribution in [1.29, 1.82) is 0 Å². The second-order valence-electron chi connectivity index (χ2n) is 5.96. The summed E-state index contributed by atoms with van der Waals surface area (Å²) in [5, 5.41) is 9.46. The number of nitrogens with one attached hydrogen (secondary N) is 2. The highest BCUT2D eigenvalue weighted by Crippen LogP contribution is 2.12. The van der Waals surface area contributed by atoms with Gasteiger partial charge < -0.3 is 10.6 Å². The standard InChI is InChI=1S/C20H20N4O2/c1-15(17-6-3-2-4-7-17)22-19(25)20(26)23-18-10-8-16(9-11-18)14-24-13-5-12-21-24/h2-13,15H,14H2,1H3,(H,22,25)(H,23,26)/t15-/m0/s1. The highest BCUT2D eigenvalue weighted by molar-refractivity contribution is 6.39. The Labute approximate surface area is 151 Å². The van der Waals surface area contributed by atoms with Gasteiger partial charge in [-0.15, -0.1) is 0 Å². The zero-order chi connectivity index (χ0) is 18.4. The Hall–Kier alpha value is -3.41. The molecule has 0 fully saturated rings. The van der Waals surface area contributed by atoms with Crippen LogP contribution in [0.5, 0.6) is 0 Å². The SMILES string of the molecule is C[C@H](NC(=O)C(=O)Nc1ccc(Cn2cccn2)cc1)c1ccccc1. The van der Waals surface area contributed by atoms with Gasteiger partial charge in [0.25, 0.3) is 0 Å². The number of hydrogen-bond donors (Lipinski definition) is 2. The Bertz CT molecular complexity index is 859. The Morgan fingerprint density at radius 1 is 1.00 bits per heavy atom. The van der Waals surface area contributed by atoms with Crippen molar-refractivity contribution < 1.29 is 9.59 Å². The molecule has 0 radical (unpaired) electrons. The molecule has 0 aliphatic heterocycles. The summed E-state index contributed by atoms with van der Waals surface area (Å²) in [6, 6.07) is 18.4. The molecule has 0 aliphatic rings. The van der Waals surface area contributed by atoms with Crippen LogP contribution in [0.2, 0.25) is 0 Å². The molecule has 0 bridgehead atoms. The van der Waals surface area contributed by atoms with Crippen LogP contribution in [0.3, 0.4) is 0 Å². The molecule has 0 aliphatic carbocycles. The van der Waals surface area contributed by atoms with Gasteiger partial charge in [0.15, 0.2) is 0 Å². The van der Waals surface area contributed by atoms with Crippen LogP contribution in [0.15, 0.2) is 73.1 Å². The van der Waals surface area contributed by atoms with Gasteiger partial charge >= 0.3 is 11.8 Å². The van der Waals surface area contributed by atoms with Crippen LogP contribution in [-0.2, 0) is 16.1 Å². The Morgan fingerprint density at radius 3 is 2.38 bits per heavy atom. The van der Waals surface area contributed by atoms with Gasteiger partial charge in [0.05, 0.1) is 12.6 Å². The second kappa shape index (κ2) is 8.11. The van der Waals surface area contributed by atoms with E-state index in [-0.39, 0.29) is 6.04 Å². The van der Waals surface area contributed by atoms with Crippen LogP contribution in [0.25, 0.3) is 0 Å². The number of nitrogens with zero attached hydrogens (tertiary/aromatic N) is 2. The Morgan fingerprint density at radius 2 is 1.73 bits per heavy atom. The third kappa shape index (κ3) is 4.57. The largest absolute Gasteiger partial charge is 0.341 e. The van der Waals surface area contributed by atoms with Crippen LogP contribution < -0.4 is 10.6 Å². The molecule has 26 heavy (non-hydrogen) atoms. The molecule has 0 saturated heterocycles. The lowest BCUT2D eigenvalue weighted by molar-refractivity contribution is -0.136. The van der Waals surface area contributed by atoms with Gasteiger partial charge in [0.1, 0.15) is 0 Å². The first-order valence-electron chi connectivity index (χ1n) is 8.35. The molecule has 6 nitrogen and oxygen atoms in total. The first-order valence-corrected chi connectivity index (χ1v) is 8.35. The molecule has 132 valence electrons. The van der Waals surface area contributed by atoms with E-state index < -0.39 is 11.8 Å². The maximum Gasteiger partial charge on any atom is 0.313 e. The van der Waals surface area contributed by atoms with E-state index >= 15 is 0 Å². The Balaban J connectivity index is 1.54. The lowest BCUT2D eigenvalue weighted by atomic mass is 10.1. The lowest BCUT2D eigenvalue weighted by Gasteiger charge is -2.14. The summed E-state index contributed by atoms with van der Waals surface area (Å²) in [5.41, 5.74) is 2.56. The molecule has 0 unspecified atom stereocenters. The maximum absolute atomic E-state index is 12.1. The molecule has 0 spiro atoms. The van der Waals surface area contributed by atoms with E-state index in [0.717, 1.165) is 11.1 Å². The molecule has 2 N–H and O–H groups in total. The summed E-state index contributed by atoms with van der Waals surface area (Å²) >= 11 is 0. The lowest BCUT2D eigenvalue weighted by Crippen LogP contribution is -2.36. The number of amides is 2. The molecule has 2 amide bonds. The minimum absolute atomic E-state index is 0.245. The zero-order valence-electron chi connectivity index (χ0n) is 14.4. The summed E-state index contributed by atoms with van der Waals surface area (Å²) in [6.45, 7) is 2.49. The fraction of sp³-hybridized carbons (Fsp3) is 0.150. The van der Waals surface area contributed by atoms with Crippen molar-refractivity contribution in [1.82, 2.24) is 15.1 Å². The summed E-state index contributed by atoms with van der Waals surface area (Å²) in [6.07, 6.45) is 3.61. The van der Waals surface area contributed by atoms with Crippen molar-refractivity contribution in [3.8, 4) is 0 Å². The molecule has 3 rings (SSSR count). The monoisotopic (exact) mass is 348 g/mol. The van der Waals surface area contributed by atoms with Gasteiger partial charge in [-0.1, -0.05) is 42.5 Å². The van der Waals surface area contributed by atoms with Gasteiger partial charge in [-0.05, 0) is 36.2 Å². The summed E-state index contributed by atoms with van der Waals surface area (Å²) < 4.78 is 1.81. The van der Waals surface area contributed by atoms with E-state index in [1.807, 2.05) is 66.3 Å². The van der Waals surface area contributed by atoms with Gasteiger partial charge in [-0.2, -0.15) is 5.10 Å². The van der Waals surface area contributed by atoms with E-state index in [4.69, 9.17) is 0 Å². The third-order valence-electron chi connectivity index (χ3n) is 3.97. The predicted molar refractivity (Wildman–Crippen MR) is 99.4 cm³/mol. The number of benzene rings is 2. The van der Waals surface area contributed by atoms with Crippen LogP contribution in [0.4, 0.5) is 5.69 Å². The number of rotatable bonds is 5. The van der Waals surface area contributed by atoms with Crippen LogP contribution in [0.1, 0.15) is 24.1 Å². The molecule has 6 heteroatoms. The maximum atomic E-state index is 12.1. The number of carbonyl (C=O) groups excluding carboxylic acids is 2. The number of anilines is 1. The van der Waals surface area contributed by atoms with E-state index in [9.17, 15) is 9.59 Å². The molecule has 1 heterocycles. The summed E-state index contributed by atoms with van der Waals surface area (Å²) in [4.78, 5) is 24.2. The van der Waals surface area contributed by atoms with Crippen LogP contribution >= 0.6 is 0 Å². The van der Waals surface area contributed by atoms with Crippen LogP contribution in [-0.4, -0.2) is 21.6 Å². The summed E-state index contributed by atoms with van der Waals surface area (Å²) in [7, 11) is 0. The second-order valence-corrected chi connectivity index (χ2v) is 5.96. The van der Waals surface area contributed by atoms with E-state index in [2.05, 4.69) is 15.7 Å². The highest BCUT2D eigenvalue weighted by Gasteiger charge is 2.17. The van der Waals surface area contributed by atoms with Crippen molar-refractivity contribution in [2.24, 2.45) is 0 Å². The predicted octanol–water partition coefficient (Wildman–Crippen LogP) is 2.75. The summed E-state index contributed by atoms with van der Waals surface area (Å²) in [5.74, 6) is -1.35. The van der Waals surface area contributed by atoms with Gasteiger partial charge in [0, 0.05) is 18.1 Å². The number of aromatic nitrogens is 2. The van der Waals surface area contributed by atoms with Crippen molar-refractivity contribution >= 4 is 17.5 Å². The van der Waals surface area contributed by atoms with E-state index in [1.165, 1.54) is 0 Å².